The zero-order chi connectivity index (χ0) is 25.5. The van der Waals surface area contributed by atoms with E-state index in [0.29, 0.717) is 5.39 Å². The quantitative estimate of drug-likeness (QED) is 0.169. The van der Waals surface area contributed by atoms with Crippen molar-refractivity contribution in [1.29, 1.82) is 0 Å². The van der Waals surface area contributed by atoms with Gasteiger partial charge in [0.1, 0.15) is 0 Å². The highest BCUT2D eigenvalue weighted by Gasteiger charge is 2.20. The van der Waals surface area contributed by atoms with E-state index in [1.165, 1.54) is 34.7 Å². The number of aromatic carboxylic acids is 1. The van der Waals surface area contributed by atoms with Crippen LogP contribution in [0.1, 0.15) is 10.4 Å². The Hall–Kier alpha value is -3.25. The first-order valence-electron chi connectivity index (χ1n) is 9.93. The van der Waals surface area contributed by atoms with E-state index in [2.05, 4.69) is 9.97 Å². The highest BCUT2D eigenvalue weighted by molar-refractivity contribution is 7.52. The van der Waals surface area contributed by atoms with E-state index in [9.17, 15) is 23.8 Å². The van der Waals surface area contributed by atoms with E-state index in [0.717, 1.165) is 0 Å². The number of nitrogens with one attached hydrogen (secondary N) is 1. The largest absolute Gasteiger partial charge is 0.489 e. The zero-order valence-corrected chi connectivity index (χ0v) is 19.5. The van der Waals surface area contributed by atoms with Gasteiger partial charge >= 0.3 is 26.9 Å². The molecule has 0 unspecified atom stereocenters. The van der Waals surface area contributed by atoms with Crippen molar-refractivity contribution in [1.82, 2.24) is 14.4 Å². The van der Waals surface area contributed by atoms with Gasteiger partial charge in [0.25, 0.3) is 0 Å². The molecule has 2 heterocycles. The highest BCUT2D eigenvalue weighted by Crippen LogP contribution is 2.38. The Morgan fingerprint density at radius 3 is 2.14 bits per heavy atom. The van der Waals surface area contributed by atoms with Crippen molar-refractivity contribution in [3.63, 3.8) is 0 Å². The summed E-state index contributed by atoms with van der Waals surface area (Å²) in [6.45, 7) is -0.794. The Kier molecular flexibility index (Phi) is 6.45. The number of H-pyrrole nitrogens is 1. The molecule has 0 aliphatic rings. The molecule has 4 rings (SSSR count). The number of rotatable bonds is 9. The lowest BCUT2D eigenvalue weighted by molar-refractivity contribution is 0.0697. The van der Waals surface area contributed by atoms with Gasteiger partial charge in [0.15, 0.2) is 17.1 Å². The van der Waals surface area contributed by atoms with Crippen LogP contribution in [0, 0.1) is 0 Å². The predicted molar refractivity (Wildman–Crippen MR) is 123 cm³/mol. The second-order valence-corrected chi connectivity index (χ2v) is 11.1. The minimum Gasteiger partial charge on any atom is -0.489 e. The Labute approximate surface area is 195 Å². The molecular weight excluding hydrogens is 508 g/mol. The molecule has 16 heteroatoms. The van der Waals surface area contributed by atoms with Crippen LogP contribution in [0.25, 0.3) is 27.6 Å². The molecule has 0 bridgehead atoms. The summed E-state index contributed by atoms with van der Waals surface area (Å²) < 4.78 is 34.4. The Bertz CT molecular complexity index is 1620. The van der Waals surface area contributed by atoms with E-state index in [4.69, 9.17) is 29.0 Å². The fourth-order valence-electron chi connectivity index (χ4n) is 3.39. The predicted octanol–water partition coefficient (Wildman–Crippen LogP) is 1.14. The summed E-state index contributed by atoms with van der Waals surface area (Å²) in [5, 5.41) is 9.65. The molecule has 0 atom stereocenters. The number of hydrogen-bond acceptors (Lipinski definition) is 7. The van der Waals surface area contributed by atoms with Gasteiger partial charge in [0.2, 0.25) is 0 Å². The van der Waals surface area contributed by atoms with Gasteiger partial charge < -0.3 is 39.1 Å². The van der Waals surface area contributed by atoms with Gasteiger partial charge in [-0.1, -0.05) is 0 Å². The maximum atomic E-state index is 12.8. The fraction of sp³-hybridized carbons (Fsp3) is 0.211. The van der Waals surface area contributed by atoms with Gasteiger partial charge in [0, 0.05) is 17.5 Å². The summed E-state index contributed by atoms with van der Waals surface area (Å²) in [6, 6.07) is 6.87. The zero-order valence-electron chi connectivity index (χ0n) is 17.7. The summed E-state index contributed by atoms with van der Waals surface area (Å²) in [4.78, 5) is 67.4. The van der Waals surface area contributed by atoms with Crippen LogP contribution in [0.5, 0.6) is 11.5 Å². The number of imidazole rings is 1. The van der Waals surface area contributed by atoms with Crippen LogP contribution >= 0.6 is 15.2 Å². The van der Waals surface area contributed by atoms with Gasteiger partial charge in [-0.05, 0) is 18.2 Å². The first-order valence-corrected chi connectivity index (χ1v) is 13.5. The molecule has 0 saturated carbocycles. The third-order valence-corrected chi connectivity index (χ3v) is 6.48. The Morgan fingerprint density at radius 1 is 0.971 bits per heavy atom. The van der Waals surface area contributed by atoms with E-state index in [1.54, 1.807) is 0 Å². The van der Waals surface area contributed by atoms with Crippen LogP contribution in [0.3, 0.4) is 0 Å². The minimum absolute atomic E-state index is 0.00559. The Balaban J connectivity index is 1.85. The first-order chi connectivity index (χ1) is 16.3. The molecule has 2 aromatic carbocycles. The Morgan fingerprint density at radius 2 is 1.57 bits per heavy atom. The molecule has 0 saturated heterocycles. The lowest BCUT2D eigenvalue weighted by atomic mass is 10.1. The van der Waals surface area contributed by atoms with Crippen LogP contribution < -0.4 is 15.2 Å². The molecule has 14 nitrogen and oxygen atoms in total. The van der Waals surface area contributed by atoms with Crippen LogP contribution in [0.4, 0.5) is 0 Å². The summed E-state index contributed by atoms with van der Waals surface area (Å²) in [5.74, 6) is -1.21. The maximum Gasteiger partial charge on any atom is 0.335 e. The standard InChI is InChI=1S/C19H19N3O11P2/c23-18(24)10-1-2-11-12(7-10)21-19(25)22-14-9-16(33-4-6-35(29,30)31)15(8-13(14)20-17(11)22)32-3-5-34(26,27)28/h1-2,7-9H,3-6H2,(H,21,25)(H,23,24)(H2,26,27,28)(H2,29,30,31). The van der Waals surface area contributed by atoms with Crippen molar-refractivity contribution in [2.24, 2.45) is 0 Å². The SMILES string of the molecule is O=C(O)c1ccc2c(c1)[nH]c(=O)n1c3cc(OCCP(=O)(O)O)c(OCCP(=O)(O)O)cc3nc21. The van der Waals surface area contributed by atoms with Crippen molar-refractivity contribution in [3.8, 4) is 11.5 Å². The molecule has 0 amide bonds. The summed E-state index contributed by atoms with van der Waals surface area (Å²) in [6.07, 6.45) is -1.19. The van der Waals surface area contributed by atoms with Gasteiger partial charge in [0.05, 0.1) is 47.7 Å². The highest BCUT2D eigenvalue weighted by atomic mass is 31.2. The number of aromatic nitrogens is 3. The van der Waals surface area contributed by atoms with Crippen molar-refractivity contribution in [2.45, 2.75) is 0 Å². The lowest BCUT2D eigenvalue weighted by Crippen LogP contribution is -2.16. The molecular formula is C19H19N3O11P2. The third-order valence-electron chi connectivity index (χ3n) is 4.95. The fourth-order valence-corrected chi connectivity index (χ4v) is 4.05. The molecule has 6 N–H and O–H groups in total. The first kappa shape index (κ1) is 24.9. The van der Waals surface area contributed by atoms with Gasteiger partial charge in [-0.15, -0.1) is 0 Å². The monoisotopic (exact) mass is 527 g/mol. The summed E-state index contributed by atoms with van der Waals surface area (Å²) in [7, 11) is -8.72. The molecule has 0 radical (unpaired) electrons. The van der Waals surface area contributed by atoms with E-state index in [-0.39, 0.29) is 45.9 Å². The smallest absolute Gasteiger partial charge is 0.335 e. The number of aromatic amines is 1. The van der Waals surface area contributed by atoms with E-state index in [1.807, 2.05) is 0 Å². The average molecular weight is 527 g/mol. The number of hydrogen-bond donors (Lipinski definition) is 6. The molecule has 35 heavy (non-hydrogen) atoms. The number of carbonyl (C=O) groups is 1. The van der Waals surface area contributed by atoms with Crippen molar-refractivity contribution in [3.05, 3.63) is 46.4 Å². The molecule has 2 aromatic heterocycles. The van der Waals surface area contributed by atoms with Gasteiger partial charge in [-0.2, -0.15) is 0 Å². The number of carboxylic acids is 1. The number of nitrogens with zero attached hydrogens (tertiary/aromatic N) is 2. The van der Waals surface area contributed by atoms with Crippen molar-refractivity contribution in [2.75, 3.05) is 25.5 Å². The third kappa shape index (κ3) is 5.54. The van der Waals surface area contributed by atoms with Gasteiger partial charge in [-0.25, -0.2) is 19.0 Å². The van der Waals surface area contributed by atoms with Crippen molar-refractivity contribution < 1.29 is 48.1 Å². The second-order valence-electron chi connectivity index (χ2n) is 7.53. The molecule has 0 aliphatic carbocycles. The van der Waals surface area contributed by atoms with Crippen LogP contribution in [0.2, 0.25) is 0 Å². The number of benzene rings is 2. The van der Waals surface area contributed by atoms with Crippen LogP contribution in [-0.4, -0.2) is 70.6 Å². The van der Waals surface area contributed by atoms with E-state index < -0.39 is 45.8 Å². The second kappa shape index (κ2) is 9.08. The van der Waals surface area contributed by atoms with Crippen LogP contribution in [0.15, 0.2) is 35.1 Å². The molecule has 4 aromatic rings. The lowest BCUT2D eigenvalue weighted by Gasteiger charge is -2.14. The van der Waals surface area contributed by atoms with E-state index >= 15 is 0 Å². The van der Waals surface area contributed by atoms with Crippen LogP contribution in [-0.2, 0) is 9.13 Å². The maximum absolute atomic E-state index is 12.8. The number of carboxylic acid groups (broad SMARTS) is 1. The molecule has 186 valence electrons. The van der Waals surface area contributed by atoms with Crippen molar-refractivity contribution >= 4 is 48.7 Å². The number of fused-ring (bicyclic) bond motifs is 5. The molecule has 0 aliphatic heterocycles. The topological polar surface area (TPSA) is 221 Å². The normalized spacial score (nSPS) is 12.5. The van der Waals surface area contributed by atoms with Gasteiger partial charge in [-0.3, -0.25) is 9.13 Å². The average Bonchev–Trinajstić information content (AvgIpc) is 3.10. The molecule has 0 fully saturated rings. The number of ether oxygens (including phenoxy) is 2. The summed E-state index contributed by atoms with van der Waals surface area (Å²) >= 11 is 0. The molecule has 0 spiro atoms. The minimum atomic E-state index is -4.37. The summed E-state index contributed by atoms with van der Waals surface area (Å²) in [5.41, 5.74) is 0.278.